The molecule has 0 saturated heterocycles. The first-order valence-electron chi connectivity index (χ1n) is 2.16. The van der Waals surface area contributed by atoms with E-state index in [-0.39, 0.29) is 5.69 Å². The average molecular weight is 147 g/mol. The van der Waals surface area contributed by atoms with Crippen molar-refractivity contribution in [3.63, 3.8) is 0 Å². The van der Waals surface area contributed by atoms with Gasteiger partial charge in [0.1, 0.15) is 17.6 Å². The summed E-state index contributed by atoms with van der Waals surface area (Å²) in [5, 5.41) is 0. The van der Waals surface area contributed by atoms with Gasteiger partial charge in [-0.3, -0.25) is 0 Å². The van der Waals surface area contributed by atoms with E-state index in [1.165, 1.54) is 12.5 Å². The van der Waals surface area contributed by atoms with Crippen LogP contribution in [0.5, 0.6) is 0 Å². The van der Waals surface area contributed by atoms with Gasteiger partial charge < -0.3 is 9.27 Å². The predicted molar refractivity (Wildman–Crippen MR) is 29.9 cm³/mol. The second-order valence-corrected chi connectivity index (χ2v) is 1.48. The van der Waals surface area contributed by atoms with Crippen molar-refractivity contribution in [1.29, 1.82) is 0 Å². The monoisotopic (exact) mass is 146 g/mol. The van der Waals surface area contributed by atoms with Gasteiger partial charge in [-0.05, 0) is 0 Å². The van der Waals surface area contributed by atoms with E-state index in [1.807, 2.05) is 0 Å². The van der Waals surface area contributed by atoms with Crippen LogP contribution in [0.4, 0.5) is 0 Å². The van der Waals surface area contributed by atoms with E-state index in [9.17, 15) is 4.79 Å². The number of carbonyl (C=O) groups is 1. The molecule has 0 spiro atoms. The van der Waals surface area contributed by atoms with Crippen molar-refractivity contribution < 1.29 is 9.08 Å². The van der Waals surface area contributed by atoms with Crippen molar-refractivity contribution >= 4 is 17.8 Å². The number of carbonyl (C=O) groups excluding carboxylic acids is 1. The molecule has 0 fully saturated rings. The third-order valence-corrected chi connectivity index (χ3v) is 0.928. The van der Waals surface area contributed by atoms with E-state index < -0.39 is 5.97 Å². The molecule has 0 aliphatic rings. The molecule has 0 aliphatic heterocycles. The van der Waals surface area contributed by atoms with Gasteiger partial charge in [0.25, 0.3) is 0 Å². The number of aromatic nitrogens is 2. The summed E-state index contributed by atoms with van der Waals surface area (Å²) in [6.07, 6.45) is 2.69. The summed E-state index contributed by atoms with van der Waals surface area (Å²) in [7, 11) is 0. The van der Waals surface area contributed by atoms with Crippen molar-refractivity contribution in [3.8, 4) is 0 Å². The standard InChI is InChI=1S/C4H3ClN2O2/c5-9-4(8)3-1-6-2-7-3/h1-2H,(H,6,7). The van der Waals surface area contributed by atoms with Crippen LogP contribution in [0, 0.1) is 0 Å². The maximum Gasteiger partial charge on any atom is 0.374 e. The van der Waals surface area contributed by atoms with Gasteiger partial charge in [0.05, 0.1) is 12.5 Å². The van der Waals surface area contributed by atoms with Crippen molar-refractivity contribution in [2.24, 2.45) is 0 Å². The molecule has 0 aromatic carbocycles. The summed E-state index contributed by atoms with van der Waals surface area (Å²) in [5.74, 6) is -0.630. The zero-order chi connectivity index (χ0) is 6.69. The van der Waals surface area contributed by atoms with Gasteiger partial charge in [0, 0.05) is 0 Å². The molecule has 9 heavy (non-hydrogen) atoms. The summed E-state index contributed by atoms with van der Waals surface area (Å²) < 4.78 is 3.86. The second kappa shape index (κ2) is 2.50. The Morgan fingerprint density at radius 1 is 1.89 bits per heavy atom. The molecule has 1 aromatic rings. The Labute approximate surface area is 56.0 Å². The molecule has 4 nitrogen and oxygen atoms in total. The number of nitrogens with zero attached hydrogens (tertiary/aromatic N) is 1. The lowest BCUT2D eigenvalue weighted by atomic mass is 10.5. The van der Waals surface area contributed by atoms with Gasteiger partial charge >= 0.3 is 5.97 Å². The lowest BCUT2D eigenvalue weighted by molar-refractivity contribution is 0.0746. The van der Waals surface area contributed by atoms with Crippen LogP contribution in [0.2, 0.25) is 0 Å². The summed E-state index contributed by atoms with van der Waals surface area (Å²) in [6.45, 7) is 0. The quantitative estimate of drug-likeness (QED) is 0.635. The van der Waals surface area contributed by atoms with Gasteiger partial charge in [-0.2, -0.15) is 0 Å². The largest absolute Gasteiger partial charge is 0.374 e. The molecule has 1 aromatic heterocycles. The minimum Gasteiger partial charge on any atom is -0.342 e. The number of imidazole rings is 1. The van der Waals surface area contributed by atoms with E-state index in [4.69, 9.17) is 11.9 Å². The molecule has 0 saturated carbocycles. The third-order valence-electron chi connectivity index (χ3n) is 0.788. The fraction of sp³-hybridized carbons (Fsp3) is 0. The van der Waals surface area contributed by atoms with Gasteiger partial charge in [-0.1, -0.05) is 0 Å². The highest BCUT2D eigenvalue weighted by atomic mass is 35.5. The topological polar surface area (TPSA) is 55.0 Å². The molecule has 48 valence electrons. The van der Waals surface area contributed by atoms with Crippen LogP contribution in [0.1, 0.15) is 10.5 Å². The zero-order valence-corrected chi connectivity index (χ0v) is 5.05. The van der Waals surface area contributed by atoms with E-state index in [0.717, 1.165) is 0 Å². The maximum absolute atomic E-state index is 10.4. The van der Waals surface area contributed by atoms with Crippen molar-refractivity contribution in [1.82, 2.24) is 9.97 Å². The van der Waals surface area contributed by atoms with Crippen molar-refractivity contribution in [3.05, 3.63) is 18.2 Å². The van der Waals surface area contributed by atoms with Gasteiger partial charge in [-0.25, -0.2) is 9.78 Å². The maximum atomic E-state index is 10.4. The zero-order valence-electron chi connectivity index (χ0n) is 4.30. The van der Waals surface area contributed by atoms with E-state index in [0.29, 0.717) is 0 Å². The highest BCUT2D eigenvalue weighted by Crippen LogP contribution is 1.95. The van der Waals surface area contributed by atoms with Crippen LogP contribution in [-0.2, 0) is 4.29 Å². The molecule has 5 heteroatoms. The fourth-order valence-corrected chi connectivity index (χ4v) is 0.492. The van der Waals surface area contributed by atoms with Crippen LogP contribution >= 0.6 is 11.9 Å². The molecular weight excluding hydrogens is 144 g/mol. The molecule has 1 heterocycles. The number of nitrogens with one attached hydrogen (secondary N) is 1. The Morgan fingerprint density at radius 3 is 3.11 bits per heavy atom. The minimum absolute atomic E-state index is 0.241. The smallest absolute Gasteiger partial charge is 0.342 e. The van der Waals surface area contributed by atoms with E-state index in [1.54, 1.807) is 0 Å². The molecule has 0 unspecified atom stereocenters. The molecule has 0 radical (unpaired) electrons. The number of halogens is 1. The van der Waals surface area contributed by atoms with Gasteiger partial charge in [0.15, 0.2) is 0 Å². The van der Waals surface area contributed by atoms with Crippen LogP contribution in [0.3, 0.4) is 0 Å². The van der Waals surface area contributed by atoms with Crippen molar-refractivity contribution in [2.75, 3.05) is 0 Å². The van der Waals surface area contributed by atoms with Crippen LogP contribution < -0.4 is 0 Å². The molecule has 0 aliphatic carbocycles. The normalized spacial score (nSPS) is 9.00. The highest BCUT2D eigenvalue weighted by Gasteiger charge is 2.05. The Bertz CT molecular complexity index is 196. The first-order valence-corrected chi connectivity index (χ1v) is 2.46. The Kier molecular flexibility index (Phi) is 1.69. The number of aromatic amines is 1. The summed E-state index contributed by atoms with van der Waals surface area (Å²) in [4.78, 5) is 16.5. The van der Waals surface area contributed by atoms with Crippen molar-refractivity contribution in [2.45, 2.75) is 0 Å². The fourth-order valence-electron chi connectivity index (χ4n) is 0.409. The second-order valence-electron chi connectivity index (χ2n) is 1.33. The first-order chi connectivity index (χ1) is 4.34. The number of hydrogen-bond donors (Lipinski definition) is 1. The Morgan fingerprint density at radius 2 is 2.67 bits per heavy atom. The van der Waals surface area contributed by atoms with Gasteiger partial charge in [-0.15, -0.1) is 0 Å². The lowest BCUT2D eigenvalue weighted by Crippen LogP contribution is -1.96. The molecule has 0 amide bonds. The third kappa shape index (κ3) is 1.20. The number of H-pyrrole nitrogens is 1. The molecule has 1 N–H and O–H groups in total. The Balaban J connectivity index is 2.77. The lowest BCUT2D eigenvalue weighted by Gasteiger charge is -1.86. The molecular formula is C4H3ClN2O2. The summed E-state index contributed by atoms with van der Waals surface area (Å²) in [6, 6.07) is 0. The van der Waals surface area contributed by atoms with Crippen LogP contribution in [-0.4, -0.2) is 15.9 Å². The van der Waals surface area contributed by atoms with Gasteiger partial charge in [0.2, 0.25) is 0 Å². The average Bonchev–Trinajstić information content (AvgIpc) is 2.37. The van der Waals surface area contributed by atoms with Crippen LogP contribution in [0.15, 0.2) is 12.5 Å². The SMILES string of the molecule is O=C(OCl)c1cnc[nH]1. The van der Waals surface area contributed by atoms with Crippen LogP contribution in [0.25, 0.3) is 0 Å². The predicted octanol–water partition coefficient (Wildman–Crippen LogP) is 0.720. The van der Waals surface area contributed by atoms with E-state index >= 15 is 0 Å². The number of hydrogen-bond acceptors (Lipinski definition) is 3. The summed E-state index contributed by atoms with van der Waals surface area (Å²) >= 11 is 4.75. The molecule has 0 atom stereocenters. The molecule has 1 rings (SSSR count). The number of rotatable bonds is 1. The molecule has 0 bridgehead atoms. The first kappa shape index (κ1) is 6.10. The minimum atomic E-state index is -0.630. The van der Waals surface area contributed by atoms with E-state index in [2.05, 4.69) is 14.3 Å². The summed E-state index contributed by atoms with van der Waals surface area (Å²) in [5.41, 5.74) is 0.241. The highest BCUT2D eigenvalue weighted by molar-refractivity contribution is 6.15. The Hall–Kier alpha value is -1.03.